The summed E-state index contributed by atoms with van der Waals surface area (Å²) in [6, 6.07) is 7.61. The molecule has 1 aliphatic rings. The van der Waals surface area contributed by atoms with Crippen LogP contribution in [-0.2, 0) is 16.1 Å². The van der Waals surface area contributed by atoms with Crippen LogP contribution in [0, 0.1) is 5.41 Å². The van der Waals surface area contributed by atoms with Crippen LogP contribution in [0.25, 0.3) is 0 Å². The molecule has 0 spiro atoms. The van der Waals surface area contributed by atoms with Crippen LogP contribution in [0.15, 0.2) is 24.3 Å². The van der Waals surface area contributed by atoms with Crippen LogP contribution in [-0.4, -0.2) is 31.8 Å². The molecule has 0 aromatic heterocycles. The second-order valence-electron chi connectivity index (χ2n) is 6.00. The summed E-state index contributed by atoms with van der Waals surface area (Å²) < 4.78 is 10.9. The molecule has 116 valence electrons. The molecule has 1 aromatic carbocycles. The fraction of sp³-hybridized carbons (Fsp3) is 0.562. The van der Waals surface area contributed by atoms with Gasteiger partial charge in [0.1, 0.15) is 5.75 Å². The molecule has 5 nitrogen and oxygen atoms in total. The summed E-state index contributed by atoms with van der Waals surface area (Å²) in [5.41, 5.74) is 6.49. The number of rotatable bonds is 6. The van der Waals surface area contributed by atoms with E-state index in [1.54, 1.807) is 7.11 Å². The molecule has 1 saturated carbocycles. The third-order valence-corrected chi connectivity index (χ3v) is 4.35. The Morgan fingerprint density at radius 2 is 2.14 bits per heavy atom. The Bertz CT molecular complexity index is 502. The Morgan fingerprint density at radius 1 is 1.43 bits per heavy atom. The fourth-order valence-corrected chi connectivity index (χ4v) is 2.72. The van der Waals surface area contributed by atoms with E-state index in [0.29, 0.717) is 12.3 Å². The van der Waals surface area contributed by atoms with Crippen molar-refractivity contribution < 1.29 is 14.3 Å². The van der Waals surface area contributed by atoms with Gasteiger partial charge in [-0.15, -0.1) is 0 Å². The molecule has 0 saturated heterocycles. The minimum atomic E-state index is -0.116. The number of para-hydroxylation sites is 1. The zero-order chi connectivity index (χ0) is 15.5. The highest BCUT2D eigenvalue weighted by atomic mass is 16.5. The monoisotopic (exact) mass is 292 g/mol. The molecule has 2 rings (SSSR count). The van der Waals surface area contributed by atoms with E-state index in [4.69, 9.17) is 15.2 Å². The van der Waals surface area contributed by atoms with Crippen molar-refractivity contribution in [3.05, 3.63) is 29.8 Å². The molecule has 1 fully saturated rings. The van der Waals surface area contributed by atoms with E-state index in [1.807, 2.05) is 24.3 Å². The topological polar surface area (TPSA) is 73.6 Å². The first-order valence-corrected chi connectivity index (χ1v) is 7.22. The van der Waals surface area contributed by atoms with E-state index in [1.165, 1.54) is 0 Å². The number of nitrogens with one attached hydrogen (secondary N) is 1. The van der Waals surface area contributed by atoms with E-state index in [0.717, 1.165) is 12.0 Å². The van der Waals surface area contributed by atoms with Crippen LogP contribution in [0.4, 0.5) is 0 Å². The third-order valence-electron chi connectivity index (χ3n) is 4.35. The Balaban J connectivity index is 1.83. The van der Waals surface area contributed by atoms with Gasteiger partial charge in [-0.25, -0.2) is 0 Å². The normalized spacial score (nSPS) is 23.2. The maximum absolute atomic E-state index is 12.0. The Labute approximate surface area is 125 Å². The number of carbonyl (C=O) groups is 1. The average molecular weight is 292 g/mol. The predicted molar refractivity (Wildman–Crippen MR) is 81.0 cm³/mol. The highest BCUT2D eigenvalue weighted by molar-refractivity contribution is 5.78. The van der Waals surface area contributed by atoms with Gasteiger partial charge >= 0.3 is 0 Å². The molecule has 3 N–H and O–H groups in total. The number of hydrogen-bond donors (Lipinski definition) is 2. The highest BCUT2D eigenvalue weighted by Crippen LogP contribution is 2.42. The minimum absolute atomic E-state index is 0.00123. The van der Waals surface area contributed by atoms with Gasteiger partial charge in [0.15, 0.2) is 6.61 Å². The van der Waals surface area contributed by atoms with Crippen LogP contribution in [0.2, 0.25) is 0 Å². The number of methoxy groups -OCH3 is 1. The van der Waals surface area contributed by atoms with Crippen molar-refractivity contribution in [3.63, 3.8) is 0 Å². The van der Waals surface area contributed by atoms with Crippen LogP contribution < -0.4 is 15.8 Å². The summed E-state index contributed by atoms with van der Waals surface area (Å²) >= 11 is 0. The van der Waals surface area contributed by atoms with Gasteiger partial charge in [0.25, 0.3) is 5.91 Å². The third kappa shape index (κ3) is 3.36. The van der Waals surface area contributed by atoms with Crippen LogP contribution in [0.5, 0.6) is 5.75 Å². The number of amides is 1. The molecule has 0 radical (unpaired) electrons. The molecule has 0 heterocycles. The molecule has 1 amide bonds. The van der Waals surface area contributed by atoms with Gasteiger partial charge in [-0.1, -0.05) is 32.0 Å². The Morgan fingerprint density at radius 3 is 2.76 bits per heavy atom. The number of benzene rings is 1. The molecule has 21 heavy (non-hydrogen) atoms. The number of ether oxygens (including phenoxy) is 2. The first-order valence-electron chi connectivity index (χ1n) is 7.22. The van der Waals surface area contributed by atoms with Crippen LogP contribution in [0.3, 0.4) is 0 Å². The van der Waals surface area contributed by atoms with E-state index in [2.05, 4.69) is 19.2 Å². The van der Waals surface area contributed by atoms with Crippen LogP contribution in [0.1, 0.15) is 25.8 Å². The molecule has 1 aromatic rings. The number of hydrogen-bond acceptors (Lipinski definition) is 4. The van der Waals surface area contributed by atoms with Crippen molar-refractivity contribution >= 4 is 5.91 Å². The van der Waals surface area contributed by atoms with Gasteiger partial charge in [-0.2, -0.15) is 0 Å². The van der Waals surface area contributed by atoms with Crippen molar-refractivity contribution in [1.82, 2.24) is 5.32 Å². The standard InChI is InChI=1S/C16H24N2O3/c1-16(2)13(8-14(16)20-3)18-15(19)10-21-12-7-5-4-6-11(12)9-17/h4-7,13-14H,8-10,17H2,1-3H3,(H,18,19). The zero-order valence-corrected chi connectivity index (χ0v) is 12.9. The van der Waals surface area contributed by atoms with Gasteiger partial charge in [0.05, 0.1) is 6.10 Å². The largest absolute Gasteiger partial charge is 0.483 e. The Hall–Kier alpha value is -1.59. The van der Waals surface area contributed by atoms with E-state index >= 15 is 0 Å². The van der Waals surface area contributed by atoms with Gasteiger partial charge in [-0.05, 0) is 12.5 Å². The number of carbonyl (C=O) groups excluding carboxylic acids is 1. The molecular formula is C16H24N2O3. The van der Waals surface area contributed by atoms with Crippen molar-refractivity contribution in [2.24, 2.45) is 11.1 Å². The van der Waals surface area contributed by atoms with E-state index < -0.39 is 0 Å². The van der Waals surface area contributed by atoms with Crippen molar-refractivity contribution in [2.75, 3.05) is 13.7 Å². The summed E-state index contributed by atoms with van der Waals surface area (Å²) in [7, 11) is 1.71. The first-order chi connectivity index (χ1) is 9.98. The van der Waals surface area contributed by atoms with Crippen molar-refractivity contribution in [2.45, 2.75) is 39.0 Å². The maximum Gasteiger partial charge on any atom is 0.258 e. The maximum atomic E-state index is 12.0. The average Bonchev–Trinajstić information content (AvgIpc) is 2.49. The lowest BCUT2D eigenvalue weighted by Gasteiger charge is -2.51. The van der Waals surface area contributed by atoms with Crippen molar-refractivity contribution in [3.8, 4) is 5.75 Å². The molecule has 0 bridgehead atoms. The van der Waals surface area contributed by atoms with Gasteiger partial charge < -0.3 is 20.5 Å². The lowest BCUT2D eigenvalue weighted by molar-refractivity contribution is -0.134. The van der Waals surface area contributed by atoms with Gasteiger partial charge in [-0.3, -0.25) is 4.79 Å². The molecular weight excluding hydrogens is 268 g/mol. The minimum Gasteiger partial charge on any atom is -0.483 e. The summed E-state index contributed by atoms with van der Waals surface area (Å²) in [5, 5.41) is 3.00. The first kappa shape index (κ1) is 15.8. The second kappa shape index (κ2) is 6.45. The van der Waals surface area contributed by atoms with Gasteiger partial charge in [0, 0.05) is 30.7 Å². The molecule has 2 unspecified atom stereocenters. The summed E-state index contributed by atoms with van der Waals surface area (Å²) in [6.45, 7) is 4.59. The van der Waals surface area contributed by atoms with Crippen molar-refractivity contribution in [1.29, 1.82) is 0 Å². The summed E-state index contributed by atoms with van der Waals surface area (Å²) in [4.78, 5) is 12.0. The molecule has 2 atom stereocenters. The number of nitrogens with two attached hydrogens (primary N) is 1. The fourth-order valence-electron chi connectivity index (χ4n) is 2.72. The lowest BCUT2D eigenvalue weighted by Crippen LogP contribution is -2.62. The quantitative estimate of drug-likeness (QED) is 0.832. The van der Waals surface area contributed by atoms with Crippen LogP contribution >= 0.6 is 0 Å². The molecule has 1 aliphatic carbocycles. The molecule has 5 heteroatoms. The Kier molecular flexibility index (Phi) is 4.85. The summed E-state index contributed by atoms with van der Waals surface area (Å²) in [5.74, 6) is 0.548. The summed E-state index contributed by atoms with van der Waals surface area (Å²) in [6.07, 6.45) is 1.04. The predicted octanol–water partition coefficient (Wildman–Crippen LogP) is 1.45. The molecule has 0 aliphatic heterocycles. The van der Waals surface area contributed by atoms with Gasteiger partial charge in [0.2, 0.25) is 0 Å². The zero-order valence-electron chi connectivity index (χ0n) is 12.9. The SMILES string of the molecule is COC1CC(NC(=O)COc2ccccc2CN)C1(C)C. The smallest absolute Gasteiger partial charge is 0.258 e. The highest BCUT2D eigenvalue weighted by Gasteiger charge is 2.49. The lowest BCUT2D eigenvalue weighted by atomic mass is 9.64. The van der Waals surface area contributed by atoms with E-state index in [9.17, 15) is 4.79 Å². The second-order valence-corrected chi connectivity index (χ2v) is 6.00. The van der Waals surface area contributed by atoms with E-state index in [-0.39, 0.29) is 30.1 Å².